The zero-order valence-corrected chi connectivity index (χ0v) is 10.1. The van der Waals surface area contributed by atoms with Crippen LogP contribution in [-0.2, 0) is 9.47 Å². The lowest BCUT2D eigenvalue weighted by atomic mass is 10.1. The Morgan fingerprint density at radius 2 is 2.12 bits per heavy atom. The number of ether oxygens (including phenoxy) is 2. The molecule has 1 aliphatic heterocycles. The van der Waals surface area contributed by atoms with Gasteiger partial charge >= 0.3 is 0 Å². The third-order valence-corrected chi connectivity index (χ3v) is 2.63. The summed E-state index contributed by atoms with van der Waals surface area (Å²) in [6.07, 6.45) is 1.65. The molecule has 1 atom stereocenters. The van der Waals surface area contributed by atoms with E-state index in [2.05, 4.69) is 0 Å². The maximum absolute atomic E-state index is 11.1. The summed E-state index contributed by atoms with van der Waals surface area (Å²) >= 11 is 0. The van der Waals surface area contributed by atoms with Crippen LogP contribution in [0.3, 0.4) is 0 Å². The fourth-order valence-electron chi connectivity index (χ4n) is 1.83. The Morgan fingerprint density at radius 3 is 2.65 bits per heavy atom. The van der Waals surface area contributed by atoms with E-state index in [1.165, 1.54) is 0 Å². The molecule has 0 aromatic heterocycles. The van der Waals surface area contributed by atoms with Crippen LogP contribution in [0.5, 0.6) is 0 Å². The highest BCUT2D eigenvalue weighted by atomic mass is 16.7. The number of quaternary nitrogens is 1. The van der Waals surface area contributed by atoms with Crippen molar-refractivity contribution >= 4 is 5.70 Å². The Kier molecular flexibility index (Phi) is 3.59. The summed E-state index contributed by atoms with van der Waals surface area (Å²) < 4.78 is 11.1. The van der Waals surface area contributed by atoms with Crippen LogP contribution in [0.2, 0.25) is 0 Å². The first-order valence-electron chi connectivity index (χ1n) is 5.65. The Hall–Kier alpha value is -1.20. The van der Waals surface area contributed by atoms with Crippen molar-refractivity contribution in [3.8, 4) is 0 Å². The second-order valence-electron chi connectivity index (χ2n) is 4.47. The van der Waals surface area contributed by atoms with Crippen LogP contribution in [0.25, 0.3) is 5.70 Å². The third-order valence-electron chi connectivity index (χ3n) is 2.63. The zero-order valence-electron chi connectivity index (χ0n) is 10.1. The molecule has 0 amide bonds. The van der Waals surface area contributed by atoms with Gasteiger partial charge in [-0.2, -0.15) is 0 Å². The molecule has 1 aromatic rings. The largest absolute Gasteiger partial charge is 0.630 e. The van der Waals surface area contributed by atoms with Gasteiger partial charge in [-0.15, -0.1) is 0 Å². The number of rotatable bonds is 3. The Balaban J connectivity index is 2.14. The van der Waals surface area contributed by atoms with Gasteiger partial charge < -0.3 is 20.2 Å². The van der Waals surface area contributed by atoms with Crippen molar-refractivity contribution in [3.63, 3.8) is 0 Å². The van der Waals surface area contributed by atoms with Crippen LogP contribution in [0.4, 0.5) is 0 Å². The van der Waals surface area contributed by atoms with Crippen LogP contribution in [0.15, 0.2) is 36.4 Å². The van der Waals surface area contributed by atoms with Gasteiger partial charge in [0.05, 0.1) is 6.61 Å². The van der Waals surface area contributed by atoms with E-state index < -0.39 is 5.79 Å². The van der Waals surface area contributed by atoms with Gasteiger partial charge in [-0.1, -0.05) is 18.2 Å². The molecule has 0 aliphatic carbocycles. The molecule has 4 nitrogen and oxygen atoms in total. The molecule has 0 saturated carbocycles. The lowest BCUT2D eigenvalue weighted by Gasteiger charge is -2.16. The predicted molar refractivity (Wildman–Crippen MR) is 64.6 cm³/mol. The zero-order chi connectivity index (χ0) is 12.3. The van der Waals surface area contributed by atoms with E-state index in [0.717, 1.165) is 11.0 Å². The fourth-order valence-corrected chi connectivity index (χ4v) is 1.83. The minimum Gasteiger partial charge on any atom is -0.630 e. The number of hydroxylamine groups is 1. The SMILES string of the molecule is CC1(C)OCC(C=C([NH2+][O-])c2ccccc2)O1. The van der Waals surface area contributed by atoms with Crippen LogP contribution in [-0.4, -0.2) is 18.5 Å². The van der Waals surface area contributed by atoms with Crippen LogP contribution in [0, 0.1) is 5.21 Å². The predicted octanol–water partition coefficient (Wildman–Crippen LogP) is 1.24. The van der Waals surface area contributed by atoms with E-state index in [0.29, 0.717) is 12.3 Å². The minimum atomic E-state index is -0.564. The molecule has 0 radical (unpaired) electrons. The Morgan fingerprint density at radius 1 is 1.41 bits per heavy atom. The molecule has 2 rings (SSSR count). The molecular weight excluding hydrogens is 218 g/mol. The monoisotopic (exact) mass is 235 g/mol. The molecular formula is C13H17NO3. The van der Waals surface area contributed by atoms with E-state index in [-0.39, 0.29) is 6.10 Å². The molecule has 1 heterocycles. The fraction of sp³-hybridized carbons (Fsp3) is 0.385. The molecule has 1 saturated heterocycles. The van der Waals surface area contributed by atoms with Gasteiger partial charge in [-0.25, -0.2) is 0 Å². The minimum absolute atomic E-state index is 0.162. The molecule has 0 spiro atoms. The highest BCUT2D eigenvalue weighted by Gasteiger charge is 2.32. The quantitative estimate of drug-likeness (QED) is 0.802. The maximum Gasteiger partial charge on any atom is 0.163 e. The van der Waals surface area contributed by atoms with E-state index in [1.807, 2.05) is 50.3 Å². The summed E-state index contributed by atoms with van der Waals surface area (Å²) in [5.41, 5.74) is 2.39. The standard InChI is InChI=1S/C13H17NO3/c1-13(2)16-9-11(17-13)8-12(14-15)10-6-4-3-5-7-10/h3-8,11H,9,14H2,1-2H3. The number of benzene rings is 1. The second-order valence-corrected chi connectivity index (χ2v) is 4.47. The van der Waals surface area contributed by atoms with Gasteiger partial charge in [0.2, 0.25) is 0 Å². The summed E-state index contributed by atoms with van der Waals surface area (Å²) in [5.74, 6) is -0.564. The van der Waals surface area contributed by atoms with Crippen LogP contribution in [0.1, 0.15) is 19.4 Å². The van der Waals surface area contributed by atoms with Gasteiger partial charge in [-0.05, 0) is 26.0 Å². The summed E-state index contributed by atoms with van der Waals surface area (Å²) in [5, 5.41) is 11.1. The first kappa shape index (κ1) is 12.3. The lowest BCUT2D eigenvalue weighted by molar-refractivity contribution is -0.488. The molecule has 0 bridgehead atoms. The molecule has 1 unspecified atom stereocenters. The van der Waals surface area contributed by atoms with Gasteiger partial charge in [-0.3, -0.25) is 0 Å². The first-order valence-corrected chi connectivity index (χ1v) is 5.65. The van der Waals surface area contributed by atoms with Crippen molar-refractivity contribution in [2.24, 2.45) is 0 Å². The molecule has 17 heavy (non-hydrogen) atoms. The lowest BCUT2D eigenvalue weighted by Crippen LogP contribution is -2.73. The van der Waals surface area contributed by atoms with Crippen molar-refractivity contribution in [2.75, 3.05) is 6.61 Å². The van der Waals surface area contributed by atoms with Gasteiger partial charge in [0.1, 0.15) is 11.8 Å². The molecule has 2 N–H and O–H groups in total. The van der Waals surface area contributed by atoms with Gasteiger partial charge in [0, 0.05) is 11.6 Å². The third kappa shape index (κ3) is 3.14. The van der Waals surface area contributed by atoms with Crippen LogP contribution >= 0.6 is 0 Å². The van der Waals surface area contributed by atoms with Crippen molar-refractivity contribution in [1.82, 2.24) is 0 Å². The molecule has 92 valence electrons. The summed E-state index contributed by atoms with van der Waals surface area (Å²) in [4.78, 5) is 0. The number of nitrogens with two attached hydrogens (primary N) is 1. The number of hydrogen-bond acceptors (Lipinski definition) is 3. The van der Waals surface area contributed by atoms with E-state index in [9.17, 15) is 5.21 Å². The Bertz CT molecular complexity index is 400. The molecule has 1 aromatic carbocycles. The van der Waals surface area contributed by atoms with Crippen molar-refractivity contribution in [2.45, 2.75) is 25.7 Å². The van der Waals surface area contributed by atoms with Crippen molar-refractivity contribution in [1.29, 1.82) is 0 Å². The van der Waals surface area contributed by atoms with Crippen LogP contribution < -0.4 is 5.48 Å². The Labute approximate surface area is 101 Å². The van der Waals surface area contributed by atoms with Crippen molar-refractivity contribution in [3.05, 3.63) is 47.2 Å². The normalized spacial score (nSPS) is 23.9. The average molecular weight is 235 g/mol. The van der Waals surface area contributed by atoms with Crippen molar-refractivity contribution < 1.29 is 15.0 Å². The first-order chi connectivity index (χ1) is 8.11. The summed E-state index contributed by atoms with van der Waals surface area (Å²) in [6.45, 7) is 4.21. The topological polar surface area (TPSA) is 58.1 Å². The smallest absolute Gasteiger partial charge is 0.163 e. The van der Waals surface area contributed by atoms with E-state index >= 15 is 0 Å². The van der Waals surface area contributed by atoms with E-state index in [4.69, 9.17) is 9.47 Å². The van der Waals surface area contributed by atoms with Gasteiger partial charge in [0.25, 0.3) is 0 Å². The number of hydrogen-bond donors (Lipinski definition) is 1. The van der Waals surface area contributed by atoms with Gasteiger partial charge in [0.15, 0.2) is 5.79 Å². The highest BCUT2D eigenvalue weighted by Crippen LogP contribution is 2.24. The summed E-state index contributed by atoms with van der Waals surface area (Å²) in [6, 6.07) is 9.54. The summed E-state index contributed by atoms with van der Waals surface area (Å²) in [7, 11) is 0. The average Bonchev–Trinajstić information content (AvgIpc) is 2.67. The van der Waals surface area contributed by atoms with E-state index in [1.54, 1.807) is 0 Å². The molecule has 1 fully saturated rings. The maximum atomic E-state index is 11.1. The molecule has 1 aliphatic rings. The second kappa shape index (κ2) is 4.98. The molecule has 4 heteroatoms. The highest BCUT2D eigenvalue weighted by molar-refractivity contribution is 5.57.